The van der Waals surface area contributed by atoms with Crippen molar-refractivity contribution in [2.45, 2.75) is 58.4 Å². The molecular weight excluding hydrogens is 193 g/mol. The van der Waals surface area contributed by atoms with Crippen LogP contribution >= 0.6 is 24.8 Å². The fourth-order valence-corrected chi connectivity index (χ4v) is 1.04. The van der Waals surface area contributed by atoms with Gasteiger partial charge in [0.1, 0.15) is 0 Å². The summed E-state index contributed by atoms with van der Waals surface area (Å²) in [4.78, 5) is 0. The van der Waals surface area contributed by atoms with E-state index in [1.165, 1.54) is 32.1 Å². The zero-order valence-corrected chi connectivity index (χ0v) is 9.85. The molecule has 0 aliphatic heterocycles. The molecule has 12 heavy (non-hydrogen) atoms. The van der Waals surface area contributed by atoms with E-state index >= 15 is 0 Å². The van der Waals surface area contributed by atoms with E-state index in [2.05, 4.69) is 13.8 Å². The first-order chi connectivity index (χ1) is 4.81. The largest absolute Gasteiger partial charge is 0.328 e. The molecule has 0 aromatic carbocycles. The van der Waals surface area contributed by atoms with Gasteiger partial charge in [-0.05, 0) is 12.8 Å². The van der Waals surface area contributed by atoms with Gasteiger partial charge in [-0.2, -0.15) is 0 Å². The molecule has 78 valence electrons. The Kier molecular flexibility index (Phi) is 21.5. The molecule has 0 bridgehead atoms. The highest BCUT2D eigenvalue weighted by molar-refractivity contribution is 5.85. The third-order valence-corrected chi connectivity index (χ3v) is 1.95. The van der Waals surface area contributed by atoms with Crippen molar-refractivity contribution in [2.24, 2.45) is 5.73 Å². The van der Waals surface area contributed by atoms with E-state index in [9.17, 15) is 0 Å². The van der Waals surface area contributed by atoms with Crippen molar-refractivity contribution in [2.75, 3.05) is 0 Å². The maximum absolute atomic E-state index is 5.76. The topological polar surface area (TPSA) is 26.0 Å². The van der Waals surface area contributed by atoms with E-state index in [1.54, 1.807) is 0 Å². The molecule has 0 aromatic rings. The molecule has 0 fully saturated rings. The average Bonchev–Trinajstić information content (AvgIpc) is 1.98. The quantitative estimate of drug-likeness (QED) is 0.675. The Morgan fingerprint density at radius 3 is 2.00 bits per heavy atom. The lowest BCUT2D eigenvalue weighted by Crippen LogP contribution is -2.17. The third kappa shape index (κ3) is 13.2. The van der Waals surface area contributed by atoms with Gasteiger partial charge in [0, 0.05) is 6.04 Å². The summed E-state index contributed by atoms with van der Waals surface area (Å²) >= 11 is 0. The molecule has 0 radical (unpaired) electrons. The summed E-state index contributed by atoms with van der Waals surface area (Å²) < 4.78 is 0. The Bertz CT molecular complexity index is 69.5. The smallest absolute Gasteiger partial charge is 0.00362 e. The average molecular weight is 216 g/mol. The Morgan fingerprint density at radius 1 is 1.00 bits per heavy atom. The van der Waals surface area contributed by atoms with Crippen LogP contribution in [0.25, 0.3) is 0 Å². The predicted octanol–water partition coefficient (Wildman–Crippen LogP) is 3.54. The van der Waals surface area contributed by atoms with Crippen molar-refractivity contribution in [3.8, 4) is 0 Å². The lowest BCUT2D eigenvalue weighted by Gasteiger charge is -2.06. The van der Waals surface area contributed by atoms with Crippen molar-refractivity contribution >= 4 is 24.8 Å². The van der Waals surface area contributed by atoms with E-state index in [1.807, 2.05) is 0 Å². The van der Waals surface area contributed by atoms with Crippen LogP contribution in [-0.2, 0) is 0 Å². The van der Waals surface area contributed by atoms with Crippen LogP contribution in [0.5, 0.6) is 0 Å². The third-order valence-electron chi connectivity index (χ3n) is 1.95. The molecular formula is C9H23Cl2N. The summed E-state index contributed by atoms with van der Waals surface area (Å²) in [5.41, 5.74) is 5.76. The highest BCUT2D eigenvalue weighted by atomic mass is 35.5. The number of nitrogens with two attached hydrogens (primary N) is 1. The number of rotatable bonds is 6. The highest BCUT2D eigenvalue weighted by Gasteiger charge is 1.96. The van der Waals surface area contributed by atoms with Crippen LogP contribution in [-0.4, -0.2) is 6.04 Å². The minimum absolute atomic E-state index is 0. The van der Waals surface area contributed by atoms with Crippen LogP contribution in [0.3, 0.4) is 0 Å². The van der Waals surface area contributed by atoms with Gasteiger partial charge in [-0.25, -0.2) is 0 Å². The zero-order valence-electron chi connectivity index (χ0n) is 8.21. The van der Waals surface area contributed by atoms with Crippen molar-refractivity contribution in [3.63, 3.8) is 0 Å². The van der Waals surface area contributed by atoms with Crippen LogP contribution in [0.1, 0.15) is 52.4 Å². The highest BCUT2D eigenvalue weighted by Crippen LogP contribution is 2.05. The monoisotopic (exact) mass is 215 g/mol. The molecule has 0 saturated carbocycles. The molecule has 2 N–H and O–H groups in total. The van der Waals surface area contributed by atoms with Crippen LogP contribution in [0.15, 0.2) is 0 Å². The maximum atomic E-state index is 5.76. The Morgan fingerprint density at radius 2 is 1.58 bits per heavy atom. The zero-order chi connectivity index (χ0) is 7.82. The van der Waals surface area contributed by atoms with E-state index in [4.69, 9.17) is 5.73 Å². The van der Waals surface area contributed by atoms with Gasteiger partial charge in [-0.15, -0.1) is 24.8 Å². The van der Waals surface area contributed by atoms with Gasteiger partial charge in [-0.1, -0.05) is 39.5 Å². The summed E-state index contributed by atoms with van der Waals surface area (Å²) in [6.07, 6.45) is 7.73. The van der Waals surface area contributed by atoms with Gasteiger partial charge in [0.25, 0.3) is 0 Å². The first kappa shape index (κ1) is 18.3. The first-order valence-electron chi connectivity index (χ1n) is 4.56. The Balaban J connectivity index is -0.000000405. The molecule has 1 unspecified atom stereocenters. The summed E-state index contributed by atoms with van der Waals surface area (Å²) in [6.45, 7) is 4.39. The van der Waals surface area contributed by atoms with Crippen LogP contribution in [0.2, 0.25) is 0 Å². The fraction of sp³-hybridized carbons (Fsp3) is 1.00. The summed E-state index contributed by atoms with van der Waals surface area (Å²) in [7, 11) is 0. The van der Waals surface area contributed by atoms with Crippen LogP contribution in [0.4, 0.5) is 0 Å². The van der Waals surface area contributed by atoms with Gasteiger partial charge < -0.3 is 5.73 Å². The fourth-order valence-electron chi connectivity index (χ4n) is 1.04. The molecule has 1 atom stereocenters. The van der Waals surface area contributed by atoms with Crippen LogP contribution in [0, 0.1) is 0 Å². The van der Waals surface area contributed by atoms with Gasteiger partial charge in [0.05, 0.1) is 0 Å². The molecule has 0 spiro atoms. The number of halogens is 2. The van der Waals surface area contributed by atoms with E-state index in [0.717, 1.165) is 6.42 Å². The second-order valence-corrected chi connectivity index (χ2v) is 3.02. The van der Waals surface area contributed by atoms with Gasteiger partial charge in [0.15, 0.2) is 0 Å². The number of hydrogen-bond donors (Lipinski definition) is 1. The molecule has 0 heterocycles. The Hall–Kier alpha value is 0.540. The molecule has 0 aliphatic carbocycles. The van der Waals surface area contributed by atoms with Crippen molar-refractivity contribution in [1.29, 1.82) is 0 Å². The van der Waals surface area contributed by atoms with Crippen molar-refractivity contribution in [1.82, 2.24) is 0 Å². The number of hydrogen-bond acceptors (Lipinski definition) is 1. The normalized spacial score (nSPS) is 11.2. The molecule has 1 nitrogen and oxygen atoms in total. The first-order valence-corrected chi connectivity index (χ1v) is 4.56. The number of unbranched alkanes of at least 4 members (excludes halogenated alkanes) is 3. The second kappa shape index (κ2) is 14.1. The lowest BCUT2D eigenvalue weighted by molar-refractivity contribution is 0.537. The summed E-state index contributed by atoms with van der Waals surface area (Å²) in [5, 5.41) is 0. The van der Waals surface area contributed by atoms with E-state index in [0.29, 0.717) is 6.04 Å². The minimum atomic E-state index is 0. The maximum Gasteiger partial charge on any atom is 0.00362 e. The van der Waals surface area contributed by atoms with Crippen molar-refractivity contribution in [3.05, 3.63) is 0 Å². The van der Waals surface area contributed by atoms with Crippen molar-refractivity contribution < 1.29 is 0 Å². The molecule has 3 heteroatoms. The standard InChI is InChI=1S/C9H21N.2ClH/c1-3-5-6-7-8-9(10)4-2;;/h9H,3-8,10H2,1-2H3;2*1H. The van der Waals surface area contributed by atoms with Gasteiger partial charge in [0.2, 0.25) is 0 Å². The molecule has 0 aliphatic rings. The van der Waals surface area contributed by atoms with Gasteiger partial charge in [-0.3, -0.25) is 0 Å². The lowest BCUT2D eigenvalue weighted by atomic mass is 10.1. The predicted molar refractivity (Wildman–Crippen MR) is 61.5 cm³/mol. The SMILES string of the molecule is CCCCCCC(N)CC.Cl.Cl. The van der Waals surface area contributed by atoms with Gasteiger partial charge >= 0.3 is 0 Å². The molecule has 0 amide bonds. The van der Waals surface area contributed by atoms with E-state index in [-0.39, 0.29) is 24.8 Å². The summed E-state index contributed by atoms with van der Waals surface area (Å²) in [6, 6.07) is 0.455. The van der Waals surface area contributed by atoms with Crippen LogP contribution < -0.4 is 5.73 Å². The molecule has 0 saturated heterocycles. The molecule has 0 aromatic heterocycles. The minimum Gasteiger partial charge on any atom is -0.328 e. The summed E-state index contributed by atoms with van der Waals surface area (Å²) in [5.74, 6) is 0. The molecule has 0 rings (SSSR count). The second-order valence-electron chi connectivity index (χ2n) is 3.02. The van der Waals surface area contributed by atoms with E-state index < -0.39 is 0 Å². The Labute approximate surface area is 89.3 Å².